The smallest absolute Gasteiger partial charge is 0.137 e. The van der Waals surface area contributed by atoms with E-state index in [1.807, 2.05) is 23.0 Å². The van der Waals surface area contributed by atoms with Gasteiger partial charge in [-0.2, -0.15) is 5.10 Å². The molecule has 3 heterocycles. The highest BCUT2D eigenvalue weighted by molar-refractivity contribution is 6.09. The maximum absolute atomic E-state index is 6.64. The van der Waals surface area contributed by atoms with Crippen molar-refractivity contribution in [1.29, 1.82) is 0 Å². The van der Waals surface area contributed by atoms with Gasteiger partial charge in [0.05, 0.1) is 22.4 Å². The Morgan fingerprint density at radius 2 is 1.47 bits per heavy atom. The fourth-order valence-electron chi connectivity index (χ4n) is 6.08. The molecule has 0 aliphatic rings. The van der Waals surface area contributed by atoms with Crippen molar-refractivity contribution in [3.8, 4) is 34.1 Å². The molecule has 0 fully saturated rings. The van der Waals surface area contributed by atoms with Gasteiger partial charge in [-0.15, -0.1) is 0 Å². The molecular weight excluding hydrogens is 528 g/mol. The number of rotatable bonds is 6. The quantitative estimate of drug-likeness (QED) is 0.203. The van der Waals surface area contributed by atoms with Gasteiger partial charge in [0.25, 0.3) is 0 Å². The zero-order chi connectivity index (χ0) is 29.7. The van der Waals surface area contributed by atoms with E-state index in [2.05, 4.69) is 130 Å². The minimum absolute atomic E-state index is 0.324. The minimum Gasteiger partial charge on any atom is -0.457 e. The standard InChI is InChI=1S/C38H34N4O/c1-24(2)29-20-30(42-27(5)38(26(4)40-42)28-11-7-6-8-12-28)22-32(21-29)43-31-15-16-34-33-13-9-10-14-35(33)41(36(34)23-31)37-19-25(3)17-18-39-37/h6-24H,1-5H3. The van der Waals surface area contributed by atoms with Gasteiger partial charge in [-0.25, -0.2) is 9.67 Å². The molecule has 0 aliphatic carbocycles. The third-order valence-corrected chi connectivity index (χ3v) is 8.19. The number of benzene rings is 4. The van der Waals surface area contributed by atoms with Gasteiger partial charge in [0, 0.05) is 40.4 Å². The number of hydrogen-bond donors (Lipinski definition) is 0. The Labute approximate surface area is 252 Å². The van der Waals surface area contributed by atoms with Crippen LogP contribution in [-0.4, -0.2) is 19.3 Å². The molecule has 0 spiro atoms. The van der Waals surface area contributed by atoms with E-state index in [9.17, 15) is 0 Å². The molecule has 0 atom stereocenters. The van der Waals surface area contributed by atoms with Crippen molar-refractivity contribution in [3.63, 3.8) is 0 Å². The van der Waals surface area contributed by atoms with Crippen LogP contribution < -0.4 is 4.74 Å². The van der Waals surface area contributed by atoms with Gasteiger partial charge in [-0.1, -0.05) is 62.4 Å². The second-order valence-electron chi connectivity index (χ2n) is 11.6. The highest BCUT2D eigenvalue weighted by Crippen LogP contribution is 2.37. The van der Waals surface area contributed by atoms with Gasteiger partial charge in [-0.3, -0.25) is 4.57 Å². The molecule has 0 saturated heterocycles. The van der Waals surface area contributed by atoms with E-state index in [0.717, 1.165) is 45.4 Å². The normalized spacial score (nSPS) is 11.6. The summed E-state index contributed by atoms with van der Waals surface area (Å²) in [6.07, 6.45) is 1.87. The first-order valence-electron chi connectivity index (χ1n) is 14.8. The molecule has 0 amide bonds. The Kier molecular flexibility index (Phi) is 6.58. The van der Waals surface area contributed by atoms with E-state index in [-0.39, 0.29) is 0 Å². The largest absolute Gasteiger partial charge is 0.457 e. The first kappa shape index (κ1) is 26.7. The van der Waals surface area contributed by atoms with Crippen LogP contribution in [0.2, 0.25) is 0 Å². The predicted molar refractivity (Wildman–Crippen MR) is 176 cm³/mol. The molecule has 43 heavy (non-hydrogen) atoms. The van der Waals surface area contributed by atoms with E-state index in [0.29, 0.717) is 5.92 Å². The molecule has 5 nitrogen and oxygen atoms in total. The second-order valence-corrected chi connectivity index (χ2v) is 11.6. The van der Waals surface area contributed by atoms with Crippen LogP contribution in [0.15, 0.2) is 109 Å². The van der Waals surface area contributed by atoms with Crippen LogP contribution in [0.5, 0.6) is 11.5 Å². The van der Waals surface area contributed by atoms with E-state index < -0.39 is 0 Å². The molecule has 3 aromatic heterocycles. The van der Waals surface area contributed by atoms with Gasteiger partial charge in [0.15, 0.2) is 0 Å². The summed E-state index contributed by atoms with van der Waals surface area (Å²) in [4.78, 5) is 4.72. The summed E-state index contributed by atoms with van der Waals surface area (Å²) < 4.78 is 10.9. The van der Waals surface area contributed by atoms with Crippen LogP contribution in [0.4, 0.5) is 0 Å². The maximum atomic E-state index is 6.64. The fraction of sp³-hybridized carbons (Fsp3) is 0.158. The van der Waals surface area contributed by atoms with Crippen LogP contribution in [-0.2, 0) is 0 Å². The highest BCUT2D eigenvalue weighted by atomic mass is 16.5. The predicted octanol–water partition coefficient (Wildman–Crippen LogP) is 9.87. The zero-order valence-corrected chi connectivity index (χ0v) is 25.2. The van der Waals surface area contributed by atoms with Crippen molar-refractivity contribution in [1.82, 2.24) is 19.3 Å². The minimum atomic E-state index is 0.324. The van der Waals surface area contributed by atoms with Crippen molar-refractivity contribution >= 4 is 21.8 Å². The molecule has 4 aromatic carbocycles. The molecule has 212 valence electrons. The first-order chi connectivity index (χ1) is 20.9. The molecule has 5 heteroatoms. The molecule has 7 rings (SSSR count). The number of ether oxygens (including phenoxy) is 1. The van der Waals surface area contributed by atoms with Crippen LogP contribution in [0.3, 0.4) is 0 Å². The second kappa shape index (κ2) is 10.6. The van der Waals surface area contributed by atoms with Crippen molar-refractivity contribution < 1.29 is 4.74 Å². The van der Waals surface area contributed by atoms with Crippen LogP contribution in [0.25, 0.3) is 44.4 Å². The number of para-hydroxylation sites is 1. The Hall–Kier alpha value is -5.16. The summed E-state index contributed by atoms with van der Waals surface area (Å²) in [5, 5.41) is 7.33. The van der Waals surface area contributed by atoms with Gasteiger partial charge in [-0.05, 0) is 85.8 Å². The average molecular weight is 563 g/mol. The van der Waals surface area contributed by atoms with E-state index >= 15 is 0 Å². The molecule has 0 unspecified atom stereocenters. The molecular formula is C38H34N4O. The number of hydrogen-bond acceptors (Lipinski definition) is 3. The Bertz CT molecular complexity index is 2120. The van der Waals surface area contributed by atoms with Crippen LogP contribution in [0.1, 0.15) is 42.3 Å². The third kappa shape index (κ3) is 4.77. The molecule has 0 N–H and O–H groups in total. The molecule has 0 aliphatic heterocycles. The van der Waals surface area contributed by atoms with Gasteiger partial charge in [0.2, 0.25) is 0 Å². The lowest BCUT2D eigenvalue weighted by Gasteiger charge is -2.15. The lowest BCUT2D eigenvalue weighted by molar-refractivity contribution is 0.481. The number of pyridine rings is 1. The molecule has 0 saturated carbocycles. The van der Waals surface area contributed by atoms with Crippen molar-refractivity contribution in [2.24, 2.45) is 0 Å². The maximum Gasteiger partial charge on any atom is 0.137 e. The van der Waals surface area contributed by atoms with Gasteiger partial charge >= 0.3 is 0 Å². The summed E-state index contributed by atoms with van der Waals surface area (Å²) in [6.45, 7) is 10.7. The van der Waals surface area contributed by atoms with Gasteiger partial charge < -0.3 is 4.74 Å². The van der Waals surface area contributed by atoms with E-state index in [1.54, 1.807) is 0 Å². The first-order valence-corrected chi connectivity index (χ1v) is 14.8. The highest BCUT2D eigenvalue weighted by Gasteiger charge is 2.18. The zero-order valence-electron chi connectivity index (χ0n) is 25.2. The molecule has 7 aromatic rings. The van der Waals surface area contributed by atoms with Crippen LogP contribution in [0, 0.1) is 20.8 Å². The summed E-state index contributed by atoms with van der Waals surface area (Å²) >= 11 is 0. The molecule has 0 radical (unpaired) electrons. The topological polar surface area (TPSA) is 44.9 Å². The number of aryl methyl sites for hydroxylation is 2. The third-order valence-electron chi connectivity index (χ3n) is 8.19. The van der Waals surface area contributed by atoms with Crippen LogP contribution >= 0.6 is 0 Å². The monoisotopic (exact) mass is 562 g/mol. The Morgan fingerprint density at radius 3 is 2.26 bits per heavy atom. The number of aromatic nitrogens is 4. The molecule has 0 bridgehead atoms. The fourth-order valence-corrected chi connectivity index (χ4v) is 6.08. The van der Waals surface area contributed by atoms with Crippen molar-refractivity contribution in [2.45, 2.75) is 40.5 Å². The van der Waals surface area contributed by atoms with Gasteiger partial charge in [0.1, 0.15) is 17.3 Å². The van der Waals surface area contributed by atoms with E-state index in [4.69, 9.17) is 14.8 Å². The number of fused-ring (bicyclic) bond motifs is 3. The summed E-state index contributed by atoms with van der Waals surface area (Å²) in [7, 11) is 0. The average Bonchev–Trinajstić information content (AvgIpc) is 3.50. The SMILES string of the molecule is Cc1ccnc(-n2c3ccccc3c3ccc(Oc4cc(C(C)C)cc(-n5nc(C)c(-c6ccccc6)c5C)c4)cc32)c1. The van der Waals surface area contributed by atoms with Crippen molar-refractivity contribution in [2.75, 3.05) is 0 Å². The lowest BCUT2D eigenvalue weighted by Crippen LogP contribution is -2.02. The number of nitrogens with zero attached hydrogens (tertiary/aromatic N) is 4. The summed E-state index contributed by atoms with van der Waals surface area (Å²) in [6, 6.07) is 35.9. The van der Waals surface area contributed by atoms with Crippen molar-refractivity contribution in [3.05, 3.63) is 132 Å². The summed E-state index contributed by atoms with van der Waals surface area (Å²) in [5.74, 6) is 2.77. The Balaban J connectivity index is 1.34. The summed E-state index contributed by atoms with van der Waals surface area (Å²) in [5.41, 5.74) is 9.98. The van der Waals surface area contributed by atoms with E-state index in [1.165, 1.54) is 33.0 Å². The Morgan fingerprint density at radius 1 is 0.698 bits per heavy atom. The lowest BCUT2D eigenvalue weighted by atomic mass is 10.0.